The van der Waals surface area contributed by atoms with Gasteiger partial charge in [0.15, 0.2) is 5.60 Å². The van der Waals surface area contributed by atoms with Gasteiger partial charge in [-0.1, -0.05) is 0 Å². The fourth-order valence-corrected chi connectivity index (χ4v) is 1.83. The van der Waals surface area contributed by atoms with Crippen molar-refractivity contribution in [2.75, 3.05) is 13.1 Å². The van der Waals surface area contributed by atoms with Crippen LogP contribution in [0, 0.1) is 0 Å². The van der Waals surface area contributed by atoms with Crippen LogP contribution in [0.4, 0.5) is 0 Å². The summed E-state index contributed by atoms with van der Waals surface area (Å²) in [6.07, 6.45) is -2.29. The number of piperazine rings is 1. The van der Waals surface area contributed by atoms with E-state index in [1.165, 1.54) is 0 Å². The van der Waals surface area contributed by atoms with E-state index in [0.717, 1.165) is 13.1 Å². The second-order valence-electron chi connectivity index (χ2n) is 5.10. The molecule has 0 aromatic rings. The SMILES string of the molecule is CC1CNCC(C)N1.O=C(O)CC(O)(CC(=O)O)C(=O)O. The third kappa shape index (κ3) is 8.23. The minimum atomic E-state index is -2.74. The van der Waals surface area contributed by atoms with Gasteiger partial charge in [0, 0.05) is 25.2 Å². The van der Waals surface area contributed by atoms with Crippen molar-refractivity contribution in [3.05, 3.63) is 0 Å². The fourth-order valence-electron chi connectivity index (χ4n) is 1.83. The molecule has 1 fully saturated rings. The fraction of sp³-hybridized carbons (Fsp3) is 0.750. The second-order valence-corrected chi connectivity index (χ2v) is 5.10. The maximum absolute atomic E-state index is 10.3. The Bertz CT molecular complexity index is 362. The highest BCUT2D eigenvalue weighted by atomic mass is 16.4. The van der Waals surface area contributed by atoms with E-state index in [2.05, 4.69) is 24.5 Å². The molecular formula is C12H22N2O7. The molecule has 0 aliphatic carbocycles. The lowest BCUT2D eigenvalue weighted by atomic mass is 9.96. The highest BCUT2D eigenvalue weighted by molar-refractivity contribution is 5.88. The third-order valence-electron chi connectivity index (χ3n) is 2.76. The third-order valence-corrected chi connectivity index (χ3v) is 2.76. The number of carboxylic acids is 3. The largest absolute Gasteiger partial charge is 0.481 e. The Hall–Kier alpha value is -1.71. The smallest absolute Gasteiger partial charge is 0.336 e. The van der Waals surface area contributed by atoms with Gasteiger partial charge in [-0.25, -0.2) is 4.79 Å². The summed E-state index contributed by atoms with van der Waals surface area (Å²) in [6, 6.07) is 1.30. The van der Waals surface area contributed by atoms with Crippen molar-refractivity contribution in [2.45, 2.75) is 44.4 Å². The van der Waals surface area contributed by atoms with Crippen LogP contribution >= 0.6 is 0 Å². The number of carbonyl (C=O) groups is 3. The molecule has 9 heteroatoms. The highest BCUT2D eigenvalue weighted by Gasteiger charge is 2.40. The molecule has 1 heterocycles. The molecule has 0 spiro atoms. The van der Waals surface area contributed by atoms with Crippen LogP contribution in [0.1, 0.15) is 26.7 Å². The monoisotopic (exact) mass is 306 g/mol. The van der Waals surface area contributed by atoms with Crippen molar-refractivity contribution in [3.8, 4) is 0 Å². The lowest BCUT2D eigenvalue weighted by molar-refractivity contribution is -0.170. The van der Waals surface area contributed by atoms with Crippen LogP contribution in [0.2, 0.25) is 0 Å². The summed E-state index contributed by atoms with van der Waals surface area (Å²) < 4.78 is 0. The minimum absolute atomic E-state index is 0.652. The summed E-state index contributed by atoms with van der Waals surface area (Å²) in [4.78, 5) is 30.5. The van der Waals surface area contributed by atoms with Gasteiger partial charge in [-0.2, -0.15) is 0 Å². The molecule has 1 aliphatic heterocycles. The average Bonchev–Trinajstić information content (AvgIpc) is 2.26. The number of aliphatic carboxylic acids is 3. The van der Waals surface area contributed by atoms with Crippen LogP contribution in [0.3, 0.4) is 0 Å². The summed E-state index contributed by atoms with van der Waals surface area (Å²) in [5.41, 5.74) is -2.74. The van der Waals surface area contributed by atoms with Crippen LogP contribution in [0.25, 0.3) is 0 Å². The molecule has 6 N–H and O–H groups in total. The van der Waals surface area contributed by atoms with Gasteiger partial charge in [0.25, 0.3) is 0 Å². The molecule has 9 nitrogen and oxygen atoms in total. The summed E-state index contributed by atoms with van der Waals surface area (Å²) in [5, 5.41) is 40.5. The number of carboxylic acid groups (broad SMARTS) is 3. The normalized spacial score (nSPS) is 21.9. The van der Waals surface area contributed by atoms with Crippen molar-refractivity contribution in [1.82, 2.24) is 10.6 Å². The molecular weight excluding hydrogens is 284 g/mol. The number of nitrogens with one attached hydrogen (secondary N) is 2. The molecule has 2 unspecified atom stereocenters. The van der Waals surface area contributed by atoms with Gasteiger partial charge < -0.3 is 31.1 Å². The minimum Gasteiger partial charge on any atom is -0.481 e. The first kappa shape index (κ1) is 19.3. The maximum atomic E-state index is 10.3. The van der Waals surface area contributed by atoms with Crippen molar-refractivity contribution in [3.63, 3.8) is 0 Å². The average molecular weight is 306 g/mol. The number of rotatable bonds is 5. The molecule has 0 bridgehead atoms. The molecule has 2 atom stereocenters. The predicted molar refractivity (Wildman–Crippen MR) is 72.0 cm³/mol. The lowest BCUT2D eigenvalue weighted by Gasteiger charge is -2.26. The molecule has 0 aromatic heterocycles. The molecule has 0 radical (unpaired) electrons. The molecule has 0 aromatic carbocycles. The van der Waals surface area contributed by atoms with Crippen LogP contribution in [-0.4, -0.2) is 69.1 Å². The number of hydrogen-bond donors (Lipinski definition) is 6. The van der Waals surface area contributed by atoms with Crippen LogP contribution < -0.4 is 10.6 Å². The topological polar surface area (TPSA) is 156 Å². The Morgan fingerprint density at radius 1 is 1.00 bits per heavy atom. The zero-order chi connectivity index (χ0) is 16.6. The molecule has 1 saturated heterocycles. The molecule has 1 aliphatic rings. The Labute approximate surface area is 122 Å². The van der Waals surface area contributed by atoms with Gasteiger partial charge in [0.1, 0.15) is 0 Å². The summed E-state index contributed by atoms with van der Waals surface area (Å²) in [6.45, 7) is 6.62. The quantitative estimate of drug-likeness (QED) is 0.363. The lowest BCUT2D eigenvalue weighted by Crippen LogP contribution is -2.52. The predicted octanol–water partition coefficient (Wildman–Crippen LogP) is -1.29. The molecule has 122 valence electrons. The number of hydrogen-bond acceptors (Lipinski definition) is 6. The van der Waals surface area contributed by atoms with E-state index < -0.39 is 36.4 Å². The van der Waals surface area contributed by atoms with Crippen molar-refractivity contribution in [1.29, 1.82) is 0 Å². The first-order chi connectivity index (χ1) is 9.56. The molecule has 0 amide bonds. The highest BCUT2D eigenvalue weighted by Crippen LogP contribution is 2.15. The summed E-state index contributed by atoms with van der Waals surface area (Å²) in [7, 11) is 0. The van der Waals surface area contributed by atoms with E-state index >= 15 is 0 Å². The molecule has 0 saturated carbocycles. The van der Waals surface area contributed by atoms with Crippen molar-refractivity contribution in [2.24, 2.45) is 0 Å². The summed E-state index contributed by atoms with van der Waals surface area (Å²) >= 11 is 0. The van der Waals surface area contributed by atoms with E-state index in [0.29, 0.717) is 12.1 Å². The first-order valence-corrected chi connectivity index (χ1v) is 6.43. The van der Waals surface area contributed by atoms with Gasteiger partial charge in [0.05, 0.1) is 12.8 Å². The van der Waals surface area contributed by atoms with Gasteiger partial charge >= 0.3 is 17.9 Å². The van der Waals surface area contributed by atoms with Crippen LogP contribution in [-0.2, 0) is 14.4 Å². The molecule has 1 rings (SSSR count). The number of aliphatic hydroxyl groups is 1. The Balaban J connectivity index is 0.000000423. The van der Waals surface area contributed by atoms with Gasteiger partial charge in [-0.3, -0.25) is 9.59 Å². The Kier molecular flexibility index (Phi) is 7.85. The molecule has 21 heavy (non-hydrogen) atoms. The van der Waals surface area contributed by atoms with Gasteiger partial charge in [0.2, 0.25) is 0 Å². The second kappa shape index (κ2) is 8.55. The van der Waals surface area contributed by atoms with E-state index in [1.54, 1.807) is 0 Å². The van der Waals surface area contributed by atoms with E-state index in [-0.39, 0.29) is 0 Å². The van der Waals surface area contributed by atoms with Gasteiger partial charge in [-0.15, -0.1) is 0 Å². The van der Waals surface area contributed by atoms with E-state index in [4.69, 9.17) is 20.4 Å². The maximum Gasteiger partial charge on any atom is 0.336 e. The zero-order valence-electron chi connectivity index (χ0n) is 12.0. The first-order valence-electron chi connectivity index (χ1n) is 6.43. The van der Waals surface area contributed by atoms with Gasteiger partial charge in [-0.05, 0) is 13.8 Å². The standard InChI is InChI=1S/C6H14N2.C6H8O7/c1-5-3-7-4-6(2)8-5;7-3(8)1-6(13,5(11)12)2-4(9)10/h5-8H,3-4H2,1-2H3;13H,1-2H2,(H,7,8)(H,9,10)(H,11,12). The van der Waals surface area contributed by atoms with Crippen molar-refractivity contribution < 1.29 is 34.8 Å². The zero-order valence-corrected chi connectivity index (χ0v) is 12.0. The summed E-state index contributed by atoms with van der Waals surface area (Å²) in [5.74, 6) is -5.02. The van der Waals surface area contributed by atoms with Crippen molar-refractivity contribution >= 4 is 17.9 Å². The van der Waals surface area contributed by atoms with Crippen LogP contribution in [0.15, 0.2) is 0 Å². The van der Waals surface area contributed by atoms with E-state index in [1.807, 2.05) is 0 Å². The van der Waals surface area contributed by atoms with E-state index in [9.17, 15) is 14.4 Å². The Morgan fingerprint density at radius 2 is 1.38 bits per heavy atom. The van der Waals surface area contributed by atoms with Crippen LogP contribution in [0.5, 0.6) is 0 Å². The Morgan fingerprint density at radius 3 is 1.57 bits per heavy atom.